The van der Waals surface area contributed by atoms with Crippen molar-refractivity contribution in [1.29, 1.82) is 0 Å². The van der Waals surface area contributed by atoms with Gasteiger partial charge in [0.1, 0.15) is 17.1 Å². The second kappa shape index (κ2) is 11.5. The number of nitrogens with zero attached hydrogens (tertiary/aromatic N) is 3. The molecule has 0 radical (unpaired) electrons. The van der Waals surface area contributed by atoms with Crippen molar-refractivity contribution in [3.05, 3.63) is 95.5 Å². The van der Waals surface area contributed by atoms with E-state index in [1.165, 1.54) is 6.07 Å². The molecule has 0 unspecified atom stereocenters. The average molecular weight is 541 g/mol. The number of pyridine rings is 1. The molecule has 5 rings (SSSR count). The lowest BCUT2D eigenvalue weighted by atomic mass is 10.0. The number of carbonyl (C=O) groups is 3. The van der Waals surface area contributed by atoms with Gasteiger partial charge in [-0.05, 0) is 54.4 Å². The van der Waals surface area contributed by atoms with Crippen molar-refractivity contribution in [3.63, 3.8) is 0 Å². The summed E-state index contributed by atoms with van der Waals surface area (Å²) in [5.74, 6) is -0.828. The van der Waals surface area contributed by atoms with Gasteiger partial charge in [0, 0.05) is 18.0 Å². The highest BCUT2D eigenvalue weighted by atomic mass is 16.5. The smallest absolute Gasteiger partial charge is 0.305 e. The molecule has 202 valence electrons. The summed E-state index contributed by atoms with van der Waals surface area (Å²) in [6.45, 7) is 1.65. The summed E-state index contributed by atoms with van der Waals surface area (Å²) < 4.78 is 10.7. The van der Waals surface area contributed by atoms with Gasteiger partial charge in [0.15, 0.2) is 11.3 Å². The largest absolute Gasteiger partial charge is 0.481 e. The molecule has 3 heterocycles. The second-order valence-electron chi connectivity index (χ2n) is 8.95. The van der Waals surface area contributed by atoms with E-state index in [0.29, 0.717) is 39.9 Å². The number of aliphatic carboxylic acids is 1. The molecule has 3 aromatic heterocycles. The van der Waals surface area contributed by atoms with E-state index in [9.17, 15) is 19.5 Å². The number of nitrogens with one attached hydrogen (secondary N) is 3. The maximum absolute atomic E-state index is 12.7. The van der Waals surface area contributed by atoms with Crippen LogP contribution in [0.5, 0.6) is 0 Å². The summed E-state index contributed by atoms with van der Waals surface area (Å²) >= 11 is 0. The van der Waals surface area contributed by atoms with Gasteiger partial charge in [0.25, 0.3) is 5.91 Å². The van der Waals surface area contributed by atoms with Crippen molar-refractivity contribution in [3.8, 4) is 0 Å². The van der Waals surface area contributed by atoms with E-state index in [-0.39, 0.29) is 24.4 Å². The lowest BCUT2D eigenvalue weighted by molar-refractivity contribution is -0.137. The van der Waals surface area contributed by atoms with E-state index in [1.807, 2.05) is 6.07 Å². The fraction of sp³-hybridized carbons (Fsp3) is 0.143. The normalized spacial score (nSPS) is 11.6. The predicted molar refractivity (Wildman–Crippen MR) is 144 cm³/mol. The van der Waals surface area contributed by atoms with Crippen molar-refractivity contribution in [1.82, 2.24) is 20.4 Å². The number of anilines is 3. The van der Waals surface area contributed by atoms with E-state index in [2.05, 4.69) is 31.1 Å². The van der Waals surface area contributed by atoms with Gasteiger partial charge in [-0.1, -0.05) is 29.4 Å². The molecule has 0 saturated carbocycles. The average Bonchev–Trinajstić information content (AvgIpc) is 3.54. The number of oxazole rings is 1. The van der Waals surface area contributed by atoms with Crippen molar-refractivity contribution in [2.24, 2.45) is 0 Å². The van der Waals surface area contributed by atoms with Crippen LogP contribution in [0.4, 0.5) is 17.5 Å². The molecule has 2 amide bonds. The number of aromatic nitrogens is 3. The number of carbonyl (C=O) groups excluding carboxylic acids is 2. The van der Waals surface area contributed by atoms with Gasteiger partial charge in [-0.25, -0.2) is 4.98 Å². The lowest BCUT2D eigenvalue weighted by Gasteiger charge is -2.17. The Bertz CT molecular complexity index is 1660. The summed E-state index contributed by atoms with van der Waals surface area (Å²) in [4.78, 5) is 45.1. The maximum atomic E-state index is 12.7. The fourth-order valence-electron chi connectivity index (χ4n) is 4.00. The van der Waals surface area contributed by atoms with Crippen LogP contribution in [-0.2, 0) is 16.0 Å². The first kappa shape index (κ1) is 26.1. The summed E-state index contributed by atoms with van der Waals surface area (Å²) in [6.07, 6.45) is 1.41. The molecule has 1 atom stereocenters. The van der Waals surface area contributed by atoms with E-state index in [1.54, 1.807) is 67.7 Å². The first-order valence-electron chi connectivity index (χ1n) is 12.3. The molecule has 2 aromatic carbocycles. The number of carboxylic acids is 1. The molecule has 0 aliphatic carbocycles. The molecule has 0 aliphatic heterocycles. The number of carboxylic acid groups (broad SMARTS) is 1. The quantitative estimate of drug-likeness (QED) is 0.199. The Kier molecular flexibility index (Phi) is 7.49. The number of fused-ring (bicyclic) bond motifs is 1. The topological polar surface area (TPSA) is 172 Å². The van der Waals surface area contributed by atoms with Gasteiger partial charge in [0.2, 0.25) is 5.91 Å². The Morgan fingerprint density at radius 2 is 1.85 bits per heavy atom. The molecule has 5 aromatic rings. The molecule has 12 heteroatoms. The van der Waals surface area contributed by atoms with Gasteiger partial charge in [-0.15, -0.1) is 0 Å². The summed E-state index contributed by atoms with van der Waals surface area (Å²) in [5.41, 5.74) is 3.03. The third-order valence-electron chi connectivity index (χ3n) is 5.86. The minimum Gasteiger partial charge on any atom is -0.481 e. The molecule has 4 N–H and O–H groups in total. The first-order valence-corrected chi connectivity index (χ1v) is 12.3. The highest BCUT2D eigenvalue weighted by molar-refractivity contribution is 5.93. The van der Waals surface area contributed by atoms with E-state index < -0.39 is 17.9 Å². The van der Waals surface area contributed by atoms with E-state index in [0.717, 1.165) is 5.56 Å². The molecule has 12 nitrogen and oxygen atoms in total. The first-order chi connectivity index (χ1) is 19.3. The maximum Gasteiger partial charge on any atom is 0.305 e. The minimum absolute atomic E-state index is 0.0565. The van der Waals surface area contributed by atoms with Crippen molar-refractivity contribution in [2.45, 2.75) is 25.8 Å². The van der Waals surface area contributed by atoms with Gasteiger partial charge in [-0.3, -0.25) is 19.7 Å². The zero-order valence-electron chi connectivity index (χ0n) is 21.2. The Labute approximate surface area is 227 Å². The van der Waals surface area contributed by atoms with Gasteiger partial charge in [0.05, 0.1) is 18.9 Å². The number of amides is 2. The van der Waals surface area contributed by atoms with Crippen LogP contribution in [0.3, 0.4) is 0 Å². The van der Waals surface area contributed by atoms with Crippen LogP contribution in [0.2, 0.25) is 0 Å². The highest BCUT2D eigenvalue weighted by Crippen LogP contribution is 2.24. The lowest BCUT2D eigenvalue weighted by Crippen LogP contribution is -2.30. The van der Waals surface area contributed by atoms with Crippen LogP contribution in [0.15, 0.2) is 81.9 Å². The molecular formula is C28H24N6O6. The molecule has 40 heavy (non-hydrogen) atoms. The Morgan fingerprint density at radius 3 is 2.55 bits per heavy atom. The predicted octanol–water partition coefficient (Wildman–Crippen LogP) is 4.39. The number of aryl methyl sites for hydroxylation is 1. The van der Waals surface area contributed by atoms with Crippen LogP contribution >= 0.6 is 0 Å². The Morgan fingerprint density at radius 1 is 1.02 bits per heavy atom. The summed E-state index contributed by atoms with van der Waals surface area (Å²) in [7, 11) is 0. The third-order valence-corrected chi connectivity index (χ3v) is 5.86. The summed E-state index contributed by atoms with van der Waals surface area (Å²) in [6, 6.07) is 18.3. The Hall–Kier alpha value is -5.52. The summed E-state index contributed by atoms with van der Waals surface area (Å²) in [5, 5.41) is 21.5. The van der Waals surface area contributed by atoms with Crippen LogP contribution in [-0.4, -0.2) is 38.0 Å². The van der Waals surface area contributed by atoms with Gasteiger partial charge < -0.3 is 24.7 Å². The van der Waals surface area contributed by atoms with E-state index in [4.69, 9.17) is 8.94 Å². The number of hydrogen-bond acceptors (Lipinski definition) is 9. The molecular weight excluding hydrogens is 516 g/mol. The van der Waals surface area contributed by atoms with Gasteiger partial charge in [-0.2, -0.15) is 4.98 Å². The SMILES string of the molecule is Cc1cc(C(=O)N[C@H](CC(=O)O)c2ccc(NC(=O)Cc3ccc4nc(Nc5ccccn5)oc4c3)cc2)no1. The molecule has 0 bridgehead atoms. The fourth-order valence-corrected chi connectivity index (χ4v) is 4.00. The van der Waals surface area contributed by atoms with Crippen LogP contribution in [0, 0.1) is 6.92 Å². The van der Waals surface area contributed by atoms with Crippen molar-refractivity contribution >= 4 is 46.4 Å². The number of benzene rings is 2. The number of hydrogen-bond donors (Lipinski definition) is 4. The number of rotatable bonds is 10. The molecule has 0 saturated heterocycles. The van der Waals surface area contributed by atoms with Crippen LogP contribution < -0.4 is 16.0 Å². The molecule has 0 spiro atoms. The van der Waals surface area contributed by atoms with E-state index >= 15 is 0 Å². The minimum atomic E-state index is -1.08. The Balaban J connectivity index is 1.21. The van der Waals surface area contributed by atoms with Gasteiger partial charge >= 0.3 is 12.0 Å². The monoisotopic (exact) mass is 540 g/mol. The zero-order valence-corrected chi connectivity index (χ0v) is 21.2. The van der Waals surface area contributed by atoms with Crippen molar-refractivity contribution in [2.75, 3.05) is 10.6 Å². The van der Waals surface area contributed by atoms with Crippen LogP contribution in [0.25, 0.3) is 11.1 Å². The standard InChI is InChI=1S/C28H24N6O6/c1-16-12-22(34-40-16)27(38)31-21(15-26(36)37)18-6-8-19(9-7-18)30-25(35)14-17-5-10-20-23(13-17)39-28(32-20)33-24-4-2-3-11-29-24/h2-13,21H,14-15H2,1H3,(H,30,35)(H,31,38)(H,36,37)(H,29,32,33)/t21-/m1/s1. The molecule has 0 aliphatic rings. The molecule has 0 fully saturated rings. The zero-order chi connectivity index (χ0) is 28.1. The van der Waals surface area contributed by atoms with Crippen LogP contribution in [0.1, 0.15) is 39.8 Å². The highest BCUT2D eigenvalue weighted by Gasteiger charge is 2.21. The third kappa shape index (κ3) is 6.48. The second-order valence-corrected chi connectivity index (χ2v) is 8.95. The van der Waals surface area contributed by atoms with Crippen molar-refractivity contribution < 1.29 is 28.4 Å².